The highest BCUT2D eigenvalue weighted by Gasteiger charge is 2.29. The van der Waals surface area contributed by atoms with Crippen LogP contribution in [-0.4, -0.2) is 17.4 Å². The molecule has 0 unspecified atom stereocenters. The highest BCUT2D eigenvalue weighted by atomic mass is 19.4. The summed E-state index contributed by atoms with van der Waals surface area (Å²) in [5.41, 5.74) is 3.88. The normalized spacial score (nSPS) is 11.6. The van der Waals surface area contributed by atoms with E-state index >= 15 is 0 Å². The van der Waals surface area contributed by atoms with Gasteiger partial charge in [-0.15, -0.1) is 0 Å². The van der Waals surface area contributed by atoms with Crippen molar-refractivity contribution < 1.29 is 18.0 Å². The van der Waals surface area contributed by atoms with Gasteiger partial charge in [0.1, 0.15) is 0 Å². The van der Waals surface area contributed by atoms with Crippen LogP contribution >= 0.6 is 0 Å². The number of nitrogens with zero attached hydrogens (tertiary/aromatic N) is 1. The van der Waals surface area contributed by atoms with Gasteiger partial charge in [-0.3, -0.25) is 9.69 Å². The van der Waals surface area contributed by atoms with Gasteiger partial charge in [0.15, 0.2) is 0 Å². The highest BCUT2D eigenvalue weighted by Crippen LogP contribution is 2.29. The number of nitrogens with one attached hydrogen (secondary N) is 1. The molecule has 3 aromatic carbocycles. The molecule has 0 aliphatic carbocycles. The lowest BCUT2D eigenvalue weighted by Gasteiger charge is -2.21. The number of rotatable bonds is 14. The first-order valence-electron chi connectivity index (χ1n) is 13.7. The molecular weight excluding hydrogens is 485 g/mol. The Morgan fingerprint density at radius 1 is 0.711 bits per heavy atom. The Morgan fingerprint density at radius 2 is 1.24 bits per heavy atom. The highest BCUT2D eigenvalue weighted by molar-refractivity contribution is 6.04. The molecule has 0 saturated heterocycles. The lowest BCUT2D eigenvalue weighted by molar-refractivity contribution is -0.137. The zero-order chi connectivity index (χ0) is 27.4. The molecule has 0 spiro atoms. The molecule has 0 radical (unpaired) electrons. The predicted molar refractivity (Wildman–Crippen MR) is 149 cm³/mol. The number of hydrogen-bond donors (Lipinski definition) is 1. The first-order valence-corrected chi connectivity index (χ1v) is 13.7. The third-order valence-corrected chi connectivity index (χ3v) is 6.79. The molecule has 0 fully saturated rings. The van der Waals surface area contributed by atoms with E-state index in [0.717, 1.165) is 41.9 Å². The first-order chi connectivity index (χ1) is 18.3. The Balaban J connectivity index is 1.47. The average molecular weight is 525 g/mol. The van der Waals surface area contributed by atoms with Crippen LogP contribution in [0.1, 0.15) is 85.0 Å². The summed E-state index contributed by atoms with van der Waals surface area (Å²) < 4.78 is 38.4. The molecule has 3 aromatic rings. The molecule has 1 N–H and O–H groups in total. The van der Waals surface area contributed by atoms with Crippen molar-refractivity contribution in [2.45, 2.75) is 78.1 Å². The topological polar surface area (TPSA) is 32.3 Å². The van der Waals surface area contributed by atoms with Gasteiger partial charge in [0.2, 0.25) is 0 Å². The molecule has 204 valence electrons. The van der Waals surface area contributed by atoms with Crippen molar-refractivity contribution in [1.29, 1.82) is 0 Å². The van der Waals surface area contributed by atoms with Crippen LogP contribution in [0.15, 0.2) is 72.8 Å². The molecule has 0 atom stereocenters. The second kappa shape index (κ2) is 14.7. The third kappa shape index (κ3) is 9.64. The van der Waals surface area contributed by atoms with Gasteiger partial charge in [0.25, 0.3) is 5.91 Å². The van der Waals surface area contributed by atoms with Crippen LogP contribution in [0, 0.1) is 0 Å². The summed E-state index contributed by atoms with van der Waals surface area (Å²) >= 11 is 0. The van der Waals surface area contributed by atoms with E-state index < -0.39 is 11.7 Å². The number of amides is 1. The summed E-state index contributed by atoms with van der Waals surface area (Å²) in [4.78, 5) is 14.9. The number of aryl methyl sites for hydroxylation is 1. The smallest absolute Gasteiger partial charge is 0.322 e. The van der Waals surface area contributed by atoms with Crippen molar-refractivity contribution in [2.75, 3.05) is 11.9 Å². The molecule has 38 heavy (non-hydrogen) atoms. The molecule has 3 nitrogen and oxygen atoms in total. The van der Waals surface area contributed by atoms with E-state index in [4.69, 9.17) is 0 Å². The van der Waals surface area contributed by atoms with Gasteiger partial charge in [-0.2, -0.15) is 13.2 Å². The van der Waals surface area contributed by atoms with Gasteiger partial charge < -0.3 is 5.32 Å². The monoisotopic (exact) mass is 524 g/mol. The number of alkyl halides is 3. The lowest BCUT2D eigenvalue weighted by atomic mass is 10.0. The van der Waals surface area contributed by atoms with Crippen molar-refractivity contribution in [3.63, 3.8) is 0 Å². The minimum Gasteiger partial charge on any atom is -0.322 e. The number of carbonyl (C=O) groups is 1. The molecule has 0 saturated carbocycles. The Hall–Kier alpha value is -3.12. The Kier molecular flexibility index (Phi) is 11.4. The molecule has 0 bridgehead atoms. The van der Waals surface area contributed by atoms with Crippen molar-refractivity contribution in [1.82, 2.24) is 4.90 Å². The molecule has 0 aliphatic heterocycles. The van der Waals surface area contributed by atoms with Crippen molar-refractivity contribution >= 4 is 11.6 Å². The Bertz CT molecular complexity index is 1110. The minimum absolute atomic E-state index is 0.155. The van der Waals surface area contributed by atoms with Gasteiger partial charge in [0.05, 0.1) is 5.56 Å². The van der Waals surface area contributed by atoms with E-state index in [9.17, 15) is 18.0 Å². The van der Waals surface area contributed by atoms with Crippen molar-refractivity contribution in [3.8, 4) is 0 Å². The summed E-state index contributed by atoms with van der Waals surface area (Å²) in [6.07, 6.45) is 4.41. The zero-order valence-electron chi connectivity index (χ0n) is 22.5. The molecule has 0 aromatic heterocycles. The molecule has 0 heterocycles. The van der Waals surface area contributed by atoms with Crippen LogP contribution in [0.2, 0.25) is 0 Å². The number of unbranched alkanes of at least 4 members (excludes halogenated alkanes) is 5. The molecule has 0 aliphatic rings. The fourth-order valence-electron chi connectivity index (χ4n) is 4.42. The SMILES string of the molecule is CCCCCCCCc1ccc(NC(=O)c2ccc(CN(CC)Cc3ccc(C(F)(F)F)cc3)cc2)cc1. The van der Waals surface area contributed by atoms with Crippen molar-refractivity contribution in [3.05, 3.63) is 101 Å². The second-order valence-electron chi connectivity index (χ2n) is 9.86. The van der Waals surface area contributed by atoms with Gasteiger partial charge >= 0.3 is 6.18 Å². The van der Waals surface area contributed by atoms with Crippen molar-refractivity contribution in [2.24, 2.45) is 0 Å². The number of carbonyl (C=O) groups excluding carboxylic acids is 1. The quantitative estimate of drug-likeness (QED) is 0.214. The fourth-order valence-corrected chi connectivity index (χ4v) is 4.42. The van der Waals surface area contributed by atoms with Crippen LogP contribution in [-0.2, 0) is 25.7 Å². The van der Waals surface area contributed by atoms with Crippen LogP contribution in [0.4, 0.5) is 18.9 Å². The van der Waals surface area contributed by atoms with Gasteiger partial charge in [0, 0.05) is 24.3 Å². The predicted octanol–water partition coefficient (Wildman–Crippen LogP) is 8.88. The van der Waals surface area contributed by atoms with Gasteiger partial charge in [-0.1, -0.05) is 82.3 Å². The standard InChI is InChI=1S/C32H39F3N2O/c1-3-5-6-7-8-9-10-25-15-21-30(22-16-25)36-31(38)28-17-11-26(12-18-28)23-37(4-2)24-27-13-19-29(20-14-27)32(33,34)35/h11-22H,3-10,23-24H2,1-2H3,(H,36,38). The molecule has 6 heteroatoms. The molecular formula is C32H39F3N2O. The number of hydrogen-bond acceptors (Lipinski definition) is 2. The first kappa shape index (κ1) is 29.4. The third-order valence-electron chi connectivity index (χ3n) is 6.79. The molecule has 3 rings (SSSR count). The van der Waals surface area contributed by atoms with Crippen LogP contribution in [0.25, 0.3) is 0 Å². The fraction of sp³-hybridized carbons (Fsp3) is 0.406. The van der Waals surface area contributed by atoms with Crippen LogP contribution in [0.5, 0.6) is 0 Å². The summed E-state index contributed by atoms with van der Waals surface area (Å²) in [6.45, 7) is 6.18. The van der Waals surface area contributed by atoms with Crippen LogP contribution < -0.4 is 5.32 Å². The number of halogens is 3. The Morgan fingerprint density at radius 3 is 1.79 bits per heavy atom. The maximum Gasteiger partial charge on any atom is 0.416 e. The number of anilines is 1. The van der Waals surface area contributed by atoms with Gasteiger partial charge in [-0.05, 0) is 72.5 Å². The number of benzene rings is 3. The maximum absolute atomic E-state index is 12.8. The molecule has 1 amide bonds. The van der Waals surface area contributed by atoms with E-state index in [-0.39, 0.29) is 5.91 Å². The van der Waals surface area contributed by atoms with E-state index in [0.29, 0.717) is 18.7 Å². The summed E-state index contributed by atoms with van der Waals surface area (Å²) in [5, 5.41) is 2.97. The average Bonchev–Trinajstić information content (AvgIpc) is 2.91. The van der Waals surface area contributed by atoms with E-state index in [2.05, 4.69) is 29.3 Å². The van der Waals surface area contributed by atoms with Crippen LogP contribution in [0.3, 0.4) is 0 Å². The Labute approximate surface area is 225 Å². The second-order valence-corrected chi connectivity index (χ2v) is 9.86. The maximum atomic E-state index is 12.8. The minimum atomic E-state index is -4.33. The van der Waals surface area contributed by atoms with Gasteiger partial charge in [-0.25, -0.2) is 0 Å². The largest absolute Gasteiger partial charge is 0.416 e. The van der Waals surface area contributed by atoms with E-state index in [1.54, 1.807) is 0 Å². The zero-order valence-corrected chi connectivity index (χ0v) is 22.5. The summed E-state index contributed by atoms with van der Waals surface area (Å²) in [7, 11) is 0. The summed E-state index contributed by atoms with van der Waals surface area (Å²) in [5.74, 6) is -0.155. The van der Waals surface area contributed by atoms with E-state index in [1.807, 2.05) is 43.3 Å². The van der Waals surface area contributed by atoms with E-state index in [1.165, 1.54) is 56.2 Å². The lowest BCUT2D eigenvalue weighted by Crippen LogP contribution is -2.22. The summed E-state index contributed by atoms with van der Waals surface area (Å²) in [6, 6.07) is 20.9.